The van der Waals surface area contributed by atoms with Crippen molar-refractivity contribution in [2.45, 2.75) is 51.1 Å². The summed E-state index contributed by atoms with van der Waals surface area (Å²) in [7, 11) is 1.90. The monoisotopic (exact) mass is 378 g/mol. The Hall–Kier alpha value is -2.96. The fraction of sp³-hybridized carbons (Fsp3) is 0.429. The third kappa shape index (κ3) is 4.30. The molecule has 1 aromatic carbocycles. The minimum absolute atomic E-state index is 0.145. The number of fused-ring (bicyclic) bond motifs is 1. The van der Waals surface area contributed by atoms with Gasteiger partial charge in [0, 0.05) is 38.7 Å². The summed E-state index contributed by atoms with van der Waals surface area (Å²) in [5.74, 6) is 1.99. The van der Waals surface area contributed by atoms with Gasteiger partial charge in [0.15, 0.2) is 5.82 Å². The van der Waals surface area contributed by atoms with Crippen LogP contribution in [0, 0.1) is 0 Å². The largest absolute Gasteiger partial charge is 0.353 e. The molecule has 0 saturated heterocycles. The highest BCUT2D eigenvalue weighted by Gasteiger charge is 2.22. The number of aryl methyl sites for hydroxylation is 3. The van der Waals surface area contributed by atoms with Crippen LogP contribution in [0.5, 0.6) is 0 Å². The molecule has 1 atom stereocenters. The molecule has 0 spiro atoms. The summed E-state index contributed by atoms with van der Waals surface area (Å²) in [6.45, 7) is 0.807. The molecule has 0 aliphatic carbocycles. The van der Waals surface area contributed by atoms with Crippen LogP contribution in [0.4, 0.5) is 0 Å². The first-order chi connectivity index (χ1) is 13.7. The number of benzene rings is 1. The predicted octanol–water partition coefficient (Wildman–Crippen LogP) is 2.52. The second-order valence-electron chi connectivity index (χ2n) is 7.43. The Balaban J connectivity index is 1.29. The average molecular weight is 378 g/mol. The van der Waals surface area contributed by atoms with E-state index in [4.69, 9.17) is 0 Å². The third-order valence-corrected chi connectivity index (χ3v) is 5.29. The number of nitrogens with zero attached hydrogens (tertiary/aromatic N) is 5. The van der Waals surface area contributed by atoms with E-state index in [9.17, 15) is 4.79 Å². The Kier molecular flexibility index (Phi) is 5.50. The first-order valence-corrected chi connectivity index (χ1v) is 9.93. The highest BCUT2D eigenvalue weighted by molar-refractivity contribution is 5.76. The van der Waals surface area contributed by atoms with Gasteiger partial charge in [-0.3, -0.25) is 9.48 Å². The van der Waals surface area contributed by atoms with E-state index in [1.54, 1.807) is 4.68 Å². The molecule has 1 unspecified atom stereocenters. The van der Waals surface area contributed by atoms with E-state index < -0.39 is 0 Å². The first kappa shape index (κ1) is 18.4. The van der Waals surface area contributed by atoms with Gasteiger partial charge in [-0.2, -0.15) is 5.10 Å². The highest BCUT2D eigenvalue weighted by atomic mass is 16.1. The zero-order valence-electron chi connectivity index (χ0n) is 16.2. The summed E-state index contributed by atoms with van der Waals surface area (Å²) < 4.78 is 3.94. The van der Waals surface area contributed by atoms with Crippen LogP contribution in [-0.2, 0) is 31.2 Å². The number of aromatic nitrogens is 5. The predicted molar refractivity (Wildman–Crippen MR) is 106 cm³/mol. The van der Waals surface area contributed by atoms with Crippen LogP contribution in [0.2, 0.25) is 0 Å². The van der Waals surface area contributed by atoms with Gasteiger partial charge in [-0.1, -0.05) is 30.3 Å². The van der Waals surface area contributed by atoms with Crippen molar-refractivity contribution < 1.29 is 4.79 Å². The molecular formula is C21H26N6O. The Morgan fingerprint density at radius 2 is 2.07 bits per heavy atom. The van der Waals surface area contributed by atoms with Crippen molar-refractivity contribution >= 4 is 5.91 Å². The van der Waals surface area contributed by atoms with Gasteiger partial charge in [0.05, 0.1) is 11.8 Å². The number of rotatable bonds is 6. The summed E-state index contributed by atoms with van der Waals surface area (Å²) in [5.41, 5.74) is 2.26. The Morgan fingerprint density at radius 1 is 1.21 bits per heavy atom. The molecule has 2 aromatic heterocycles. The maximum Gasteiger partial charge on any atom is 0.220 e. The van der Waals surface area contributed by atoms with Gasteiger partial charge in [-0.05, 0) is 31.2 Å². The van der Waals surface area contributed by atoms with Crippen molar-refractivity contribution in [2.24, 2.45) is 7.05 Å². The molecule has 0 saturated carbocycles. The van der Waals surface area contributed by atoms with Crippen LogP contribution in [0.1, 0.15) is 37.1 Å². The van der Waals surface area contributed by atoms with E-state index in [0.29, 0.717) is 6.42 Å². The Morgan fingerprint density at radius 3 is 2.86 bits per heavy atom. The van der Waals surface area contributed by atoms with E-state index in [1.807, 2.05) is 37.6 Å². The molecule has 0 bridgehead atoms. The standard InChI is InChI=1S/C21H26N6O/c1-26-15-17(14-22-26)21-25-24-19-11-10-18(12-13-27(19)21)23-20(28)9-5-8-16-6-3-2-4-7-16/h2-4,6-7,14-15,18H,5,8-13H2,1H3,(H,23,28). The lowest BCUT2D eigenvalue weighted by atomic mass is 10.1. The number of amides is 1. The van der Waals surface area contributed by atoms with Gasteiger partial charge in [0.1, 0.15) is 5.82 Å². The number of carbonyl (C=O) groups is 1. The van der Waals surface area contributed by atoms with Gasteiger partial charge < -0.3 is 9.88 Å². The van der Waals surface area contributed by atoms with Crippen LogP contribution >= 0.6 is 0 Å². The minimum Gasteiger partial charge on any atom is -0.353 e. The first-order valence-electron chi connectivity index (χ1n) is 9.93. The van der Waals surface area contributed by atoms with E-state index in [-0.39, 0.29) is 11.9 Å². The van der Waals surface area contributed by atoms with Crippen LogP contribution < -0.4 is 5.32 Å². The molecule has 7 heteroatoms. The van der Waals surface area contributed by atoms with E-state index in [1.165, 1.54) is 5.56 Å². The zero-order valence-corrected chi connectivity index (χ0v) is 16.2. The van der Waals surface area contributed by atoms with Crippen molar-refractivity contribution in [3.63, 3.8) is 0 Å². The summed E-state index contributed by atoms with van der Waals surface area (Å²) in [5, 5.41) is 16.2. The minimum atomic E-state index is 0.145. The van der Waals surface area contributed by atoms with E-state index in [0.717, 1.165) is 55.9 Å². The Bertz CT molecular complexity index is 930. The topological polar surface area (TPSA) is 77.6 Å². The Labute approximate surface area is 164 Å². The lowest BCUT2D eigenvalue weighted by Crippen LogP contribution is -2.35. The van der Waals surface area contributed by atoms with Crippen molar-refractivity contribution in [2.75, 3.05) is 0 Å². The van der Waals surface area contributed by atoms with Gasteiger partial charge in [0.25, 0.3) is 0 Å². The quantitative estimate of drug-likeness (QED) is 0.715. The van der Waals surface area contributed by atoms with Crippen molar-refractivity contribution in [1.82, 2.24) is 29.9 Å². The van der Waals surface area contributed by atoms with Crippen molar-refractivity contribution in [1.29, 1.82) is 0 Å². The normalized spacial score (nSPS) is 16.4. The second-order valence-corrected chi connectivity index (χ2v) is 7.43. The molecule has 3 heterocycles. The number of carbonyl (C=O) groups excluding carboxylic acids is 1. The van der Waals surface area contributed by atoms with Gasteiger partial charge >= 0.3 is 0 Å². The summed E-state index contributed by atoms with van der Waals surface area (Å²) in [4.78, 5) is 12.4. The number of hydrogen-bond donors (Lipinski definition) is 1. The van der Waals surface area contributed by atoms with Gasteiger partial charge in [-0.15, -0.1) is 10.2 Å². The summed E-state index contributed by atoms with van der Waals surface area (Å²) in [6, 6.07) is 10.5. The van der Waals surface area contributed by atoms with E-state index in [2.05, 4.69) is 37.3 Å². The van der Waals surface area contributed by atoms with Crippen LogP contribution in [0.25, 0.3) is 11.4 Å². The number of nitrogens with one attached hydrogen (secondary N) is 1. The lowest BCUT2D eigenvalue weighted by Gasteiger charge is -2.16. The molecule has 4 rings (SSSR count). The molecule has 3 aromatic rings. The SMILES string of the molecule is Cn1cc(-c2nnc3n2CCC(NC(=O)CCCc2ccccc2)CC3)cn1. The molecule has 1 aliphatic heterocycles. The molecule has 1 aliphatic rings. The van der Waals surface area contributed by atoms with Crippen molar-refractivity contribution in [3.05, 3.63) is 54.1 Å². The second kappa shape index (κ2) is 8.37. The van der Waals surface area contributed by atoms with Gasteiger partial charge in [-0.25, -0.2) is 0 Å². The summed E-state index contributed by atoms with van der Waals surface area (Å²) >= 11 is 0. The van der Waals surface area contributed by atoms with E-state index >= 15 is 0 Å². The van der Waals surface area contributed by atoms with Crippen molar-refractivity contribution in [3.8, 4) is 11.4 Å². The lowest BCUT2D eigenvalue weighted by molar-refractivity contribution is -0.122. The fourth-order valence-corrected chi connectivity index (χ4v) is 3.78. The average Bonchev–Trinajstić information content (AvgIpc) is 3.25. The molecule has 28 heavy (non-hydrogen) atoms. The van der Waals surface area contributed by atoms with Crippen LogP contribution in [0.15, 0.2) is 42.7 Å². The molecule has 0 fully saturated rings. The maximum atomic E-state index is 12.4. The molecule has 1 N–H and O–H groups in total. The number of hydrogen-bond acceptors (Lipinski definition) is 4. The van der Waals surface area contributed by atoms with Crippen LogP contribution in [0.3, 0.4) is 0 Å². The third-order valence-electron chi connectivity index (χ3n) is 5.29. The molecule has 1 amide bonds. The fourth-order valence-electron chi connectivity index (χ4n) is 3.78. The van der Waals surface area contributed by atoms with Gasteiger partial charge in [0.2, 0.25) is 5.91 Å². The molecular weight excluding hydrogens is 352 g/mol. The molecule has 146 valence electrons. The molecule has 7 nitrogen and oxygen atoms in total. The summed E-state index contributed by atoms with van der Waals surface area (Å²) in [6.07, 6.45) is 8.76. The van der Waals surface area contributed by atoms with Crippen LogP contribution in [-0.4, -0.2) is 36.5 Å². The highest BCUT2D eigenvalue weighted by Crippen LogP contribution is 2.22. The maximum absolute atomic E-state index is 12.4. The zero-order chi connectivity index (χ0) is 19.3. The molecule has 0 radical (unpaired) electrons. The smallest absolute Gasteiger partial charge is 0.220 e.